The number of rotatable bonds is 20. The minimum atomic E-state index is -1.36. The Kier molecular flexibility index (Phi) is 42.3. The predicted octanol–water partition coefficient (Wildman–Crippen LogP) is -0.277. The summed E-state index contributed by atoms with van der Waals surface area (Å²) >= 11 is 0. The van der Waals surface area contributed by atoms with Crippen molar-refractivity contribution in [3.63, 3.8) is 0 Å². The molecule has 0 fully saturated rings. The van der Waals surface area contributed by atoms with Crippen LogP contribution in [0, 0.1) is 0 Å². The molecule has 0 aliphatic rings. The number of hydrogen-bond acceptors (Lipinski definition) is 16. The minimum Gasteiger partial charge on any atom is -0.545 e. The first-order valence-corrected chi connectivity index (χ1v) is 16.5. The zero-order chi connectivity index (χ0) is 41.1. The predicted molar refractivity (Wildman–Crippen MR) is 184 cm³/mol. The van der Waals surface area contributed by atoms with E-state index in [2.05, 4.69) is 18.9 Å². The fourth-order valence-electron chi connectivity index (χ4n) is 3.49. The molecule has 0 saturated heterocycles. The Morgan fingerprint density at radius 1 is 0.377 bits per heavy atom. The van der Waals surface area contributed by atoms with Crippen LogP contribution in [0.2, 0.25) is 0 Å². The Balaban J connectivity index is -0.000000192. The molecular formula is C36H52O16Sn. The van der Waals surface area contributed by atoms with E-state index in [9.17, 15) is 58.8 Å². The number of carbonyl (C=O) groups is 8. The van der Waals surface area contributed by atoms with Crippen molar-refractivity contribution in [3.05, 3.63) is 46.6 Å². The van der Waals surface area contributed by atoms with Crippen LogP contribution in [-0.2, 0) is 57.3 Å². The van der Waals surface area contributed by atoms with Gasteiger partial charge >= 0.3 is 47.8 Å². The zero-order valence-corrected chi connectivity index (χ0v) is 34.7. The van der Waals surface area contributed by atoms with Crippen LogP contribution in [0.5, 0.6) is 0 Å². The maximum atomic E-state index is 11.0. The van der Waals surface area contributed by atoms with Gasteiger partial charge in [-0.15, -0.1) is 0 Å². The number of carbonyl (C=O) groups excluding carboxylic acids is 8. The Morgan fingerprint density at radius 2 is 0.528 bits per heavy atom. The molecule has 16 nitrogen and oxygen atoms in total. The van der Waals surface area contributed by atoms with Gasteiger partial charge in [0.2, 0.25) is 0 Å². The van der Waals surface area contributed by atoms with Crippen molar-refractivity contribution in [2.75, 3.05) is 28.4 Å². The number of aliphatic carboxylic acids is 4. The van der Waals surface area contributed by atoms with Gasteiger partial charge in [0.05, 0.1) is 52.3 Å². The standard InChI is InChI=1S/4C9H14O4.Sn/c4*1-3-4-5-7(6-8(10)11)9(12)13-2;/h4*6H,3-5H2,1-2H3,(H,10,11);/q;;;;+4/p-4/b4*7-6-;. The summed E-state index contributed by atoms with van der Waals surface area (Å²) in [6.45, 7) is 7.81. The van der Waals surface area contributed by atoms with Gasteiger partial charge in [-0.1, -0.05) is 53.4 Å². The van der Waals surface area contributed by atoms with Crippen molar-refractivity contribution >= 4 is 71.7 Å². The summed E-state index contributed by atoms with van der Waals surface area (Å²) in [7, 11) is 4.88. The summed E-state index contributed by atoms with van der Waals surface area (Å²) < 4.78 is 17.6. The number of unbranched alkanes of at least 4 members (excludes halogenated alkanes) is 4. The largest absolute Gasteiger partial charge is 4.00 e. The number of carboxylic acids is 4. The van der Waals surface area contributed by atoms with Gasteiger partial charge in [0.1, 0.15) is 0 Å². The number of esters is 4. The molecule has 0 N–H and O–H groups in total. The van der Waals surface area contributed by atoms with Crippen LogP contribution in [0.15, 0.2) is 46.6 Å². The Labute approximate surface area is 328 Å². The van der Waals surface area contributed by atoms with E-state index < -0.39 is 47.8 Å². The summed E-state index contributed by atoms with van der Waals surface area (Å²) in [5.74, 6) is -7.85. The van der Waals surface area contributed by atoms with Crippen molar-refractivity contribution in [3.8, 4) is 0 Å². The third-order valence-corrected chi connectivity index (χ3v) is 6.16. The first kappa shape index (κ1) is 57.8. The molecule has 0 heterocycles. The fraction of sp³-hybridized carbons (Fsp3) is 0.556. The van der Waals surface area contributed by atoms with Gasteiger partial charge in [-0.3, -0.25) is 0 Å². The molecule has 296 valence electrons. The average Bonchev–Trinajstić information content (AvgIpc) is 3.10. The first-order valence-electron chi connectivity index (χ1n) is 16.5. The van der Waals surface area contributed by atoms with E-state index in [1.807, 2.05) is 27.7 Å². The molecule has 17 heteroatoms. The number of methoxy groups -OCH3 is 4. The maximum Gasteiger partial charge on any atom is 4.00 e. The van der Waals surface area contributed by atoms with Crippen LogP contribution in [0.4, 0.5) is 0 Å². The Morgan fingerprint density at radius 3 is 0.623 bits per heavy atom. The molecule has 0 aliphatic carbocycles. The third kappa shape index (κ3) is 37.1. The SMILES string of the molecule is CCCC/C(=C/C(=O)[O-])C(=O)OC.CCCC/C(=C/C(=O)[O-])C(=O)OC.CCCC/C(=C/C(=O)[O-])C(=O)OC.CCCC/C(=C/C(=O)[O-])C(=O)OC.[Sn+4]. The molecular weight excluding hydrogens is 807 g/mol. The number of ether oxygens (including phenoxy) is 4. The van der Waals surface area contributed by atoms with E-state index in [4.69, 9.17) is 0 Å². The van der Waals surface area contributed by atoms with Crippen molar-refractivity contribution in [1.29, 1.82) is 0 Å². The Bertz CT molecular complexity index is 1070. The molecule has 0 saturated carbocycles. The molecule has 0 bridgehead atoms. The maximum absolute atomic E-state index is 11.0. The van der Waals surface area contributed by atoms with Crippen LogP contribution >= 0.6 is 0 Å². The second kappa shape index (κ2) is 38.7. The van der Waals surface area contributed by atoms with Crippen LogP contribution in [-0.4, -0.2) is 100 Å². The number of hydrogen-bond donors (Lipinski definition) is 0. The smallest absolute Gasteiger partial charge is 0.545 e. The zero-order valence-electron chi connectivity index (χ0n) is 31.8. The van der Waals surface area contributed by atoms with E-state index in [0.29, 0.717) is 25.7 Å². The summed E-state index contributed by atoms with van der Waals surface area (Å²) in [6, 6.07) is 0. The topological polar surface area (TPSA) is 266 Å². The summed E-state index contributed by atoms with van der Waals surface area (Å²) in [6.07, 6.45) is 11.4. The van der Waals surface area contributed by atoms with Crippen molar-refractivity contribution in [2.24, 2.45) is 0 Å². The molecule has 0 aromatic carbocycles. The van der Waals surface area contributed by atoms with Gasteiger partial charge in [0.25, 0.3) is 0 Å². The van der Waals surface area contributed by atoms with E-state index in [-0.39, 0.29) is 46.2 Å². The molecule has 0 aromatic heterocycles. The van der Waals surface area contributed by atoms with Crippen LogP contribution in [0.1, 0.15) is 105 Å². The van der Waals surface area contributed by atoms with Crippen LogP contribution in [0.25, 0.3) is 0 Å². The summed E-state index contributed by atoms with van der Waals surface area (Å²) in [4.78, 5) is 84.7. The minimum absolute atomic E-state index is 0. The second-order valence-corrected chi connectivity index (χ2v) is 10.3. The second-order valence-electron chi connectivity index (χ2n) is 10.3. The monoisotopic (exact) mass is 860 g/mol. The molecule has 0 radical (unpaired) electrons. The first-order chi connectivity index (χ1) is 24.5. The van der Waals surface area contributed by atoms with Crippen molar-refractivity contribution in [1.82, 2.24) is 0 Å². The normalized spacial score (nSPS) is 10.9. The van der Waals surface area contributed by atoms with Gasteiger partial charge in [0, 0.05) is 22.3 Å². The number of carboxylic acid groups (broad SMARTS) is 4. The third-order valence-electron chi connectivity index (χ3n) is 6.16. The van der Waals surface area contributed by atoms with Crippen molar-refractivity contribution < 1.29 is 77.7 Å². The van der Waals surface area contributed by atoms with Gasteiger partial charge in [-0.25, -0.2) is 19.2 Å². The van der Waals surface area contributed by atoms with E-state index in [0.717, 1.165) is 75.7 Å². The average molecular weight is 860 g/mol. The fourth-order valence-corrected chi connectivity index (χ4v) is 3.49. The van der Waals surface area contributed by atoms with E-state index in [1.165, 1.54) is 28.4 Å². The molecule has 0 spiro atoms. The van der Waals surface area contributed by atoms with E-state index in [1.54, 1.807) is 0 Å². The Hall–Kier alpha value is -4.48. The van der Waals surface area contributed by atoms with Crippen LogP contribution < -0.4 is 20.4 Å². The molecule has 0 aromatic rings. The molecule has 0 rings (SSSR count). The van der Waals surface area contributed by atoms with Gasteiger partial charge < -0.3 is 58.6 Å². The quantitative estimate of drug-likeness (QED) is 0.0660. The molecule has 0 atom stereocenters. The van der Waals surface area contributed by atoms with Gasteiger partial charge in [0.15, 0.2) is 0 Å². The van der Waals surface area contributed by atoms with Gasteiger partial charge in [-0.05, 0) is 75.7 Å². The van der Waals surface area contributed by atoms with Crippen LogP contribution in [0.3, 0.4) is 0 Å². The van der Waals surface area contributed by atoms with Gasteiger partial charge in [-0.2, -0.15) is 0 Å². The molecule has 0 unspecified atom stereocenters. The molecule has 0 aliphatic heterocycles. The van der Waals surface area contributed by atoms with E-state index >= 15 is 0 Å². The van der Waals surface area contributed by atoms with Crippen molar-refractivity contribution in [2.45, 2.75) is 105 Å². The summed E-state index contributed by atoms with van der Waals surface area (Å²) in [5.41, 5.74) is 0.627. The molecule has 53 heavy (non-hydrogen) atoms. The molecule has 0 amide bonds. The summed E-state index contributed by atoms with van der Waals surface area (Å²) in [5, 5.41) is 40.8.